The van der Waals surface area contributed by atoms with Gasteiger partial charge in [-0.25, -0.2) is 4.98 Å². The molecule has 0 unspecified atom stereocenters. The maximum absolute atomic E-state index is 12.1. The monoisotopic (exact) mass is 279 g/mol. The number of thiazole rings is 1. The summed E-state index contributed by atoms with van der Waals surface area (Å²) in [5.41, 5.74) is -0.152. The summed E-state index contributed by atoms with van der Waals surface area (Å²) in [5, 5.41) is 7.14. The lowest BCUT2D eigenvalue weighted by Crippen LogP contribution is -2.39. The second-order valence-electron chi connectivity index (χ2n) is 5.96. The van der Waals surface area contributed by atoms with E-state index in [1.54, 1.807) is 11.3 Å². The summed E-state index contributed by atoms with van der Waals surface area (Å²) in [5.74, 6) is 0.758. The Hall–Kier alpha value is -0.940. The second-order valence-corrected chi connectivity index (χ2v) is 7.02. The summed E-state index contributed by atoms with van der Waals surface area (Å²) in [7, 11) is 0. The van der Waals surface area contributed by atoms with E-state index in [0.717, 1.165) is 31.1 Å². The van der Waals surface area contributed by atoms with Crippen LogP contribution < -0.4 is 10.6 Å². The first-order chi connectivity index (χ1) is 9.17. The van der Waals surface area contributed by atoms with Crippen LogP contribution in [0.5, 0.6) is 0 Å². The van der Waals surface area contributed by atoms with Gasteiger partial charge in [-0.05, 0) is 44.7 Å². The predicted octanol–water partition coefficient (Wildman–Crippen LogP) is 2.74. The third kappa shape index (κ3) is 2.67. The summed E-state index contributed by atoms with van der Waals surface area (Å²) < 4.78 is 0. The number of carbonyl (C=O) groups excluding carboxylic acids is 1. The Kier molecular flexibility index (Phi) is 3.58. The van der Waals surface area contributed by atoms with Crippen molar-refractivity contribution in [2.45, 2.75) is 44.9 Å². The molecule has 19 heavy (non-hydrogen) atoms. The third-order valence-electron chi connectivity index (χ3n) is 4.49. The van der Waals surface area contributed by atoms with Crippen LogP contribution in [0.2, 0.25) is 0 Å². The van der Waals surface area contributed by atoms with Crippen LogP contribution in [0, 0.1) is 5.41 Å². The number of anilines is 1. The highest BCUT2D eigenvalue weighted by molar-refractivity contribution is 7.15. The van der Waals surface area contributed by atoms with Gasteiger partial charge in [0.25, 0.3) is 0 Å². The molecule has 1 saturated heterocycles. The maximum Gasteiger partial charge on any atom is 0.232 e. The van der Waals surface area contributed by atoms with Crippen LogP contribution in [0.1, 0.15) is 49.8 Å². The van der Waals surface area contributed by atoms with Gasteiger partial charge in [0.2, 0.25) is 5.91 Å². The first-order valence-electron chi connectivity index (χ1n) is 7.15. The van der Waals surface area contributed by atoms with Gasteiger partial charge in [0.1, 0.15) is 0 Å². The SMILES string of the molecule is CC1(C(=O)Nc2ncc(C3CCNCC3)s2)CCC1. The average molecular weight is 279 g/mol. The molecule has 0 aromatic carbocycles. The molecule has 1 saturated carbocycles. The van der Waals surface area contributed by atoms with Gasteiger partial charge in [-0.2, -0.15) is 0 Å². The zero-order valence-electron chi connectivity index (χ0n) is 11.4. The van der Waals surface area contributed by atoms with E-state index >= 15 is 0 Å². The number of hydrogen-bond donors (Lipinski definition) is 2. The Morgan fingerprint density at radius 3 is 2.84 bits per heavy atom. The summed E-state index contributed by atoms with van der Waals surface area (Å²) in [4.78, 5) is 17.8. The Morgan fingerprint density at radius 2 is 2.21 bits per heavy atom. The molecule has 1 aliphatic heterocycles. The van der Waals surface area contributed by atoms with Crippen LogP contribution >= 0.6 is 11.3 Å². The molecule has 0 atom stereocenters. The van der Waals surface area contributed by atoms with Crippen LogP contribution in [0.4, 0.5) is 5.13 Å². The lowest BCUT2D eigenvalue weighted by molar-refractivity contribution is -0.128. The van der Waals surface area contributed by atoms with Crippen LogP contribution in [0.15, 0.2) is 6.20 Å². The Morgan fingerprint density at radius 1 is 1.47 bits per heavy atom. The molecule has 2 fully saturated rings. The van der Waals surface area contributed by atoms with E-state index in [1.807, 2.05) is 13.1 Å². The van der Waals surface area contributed by atoms with Crippen LogP contribution in [0.25, 0.3) is 0 Å². The molecule has 1 aromatic rings. The van der Waals surface area contributed by atoms with Crippen molar-refractivity contribution in [2.75, 3.05) is 18.4 Å². The van der Waals surface area contributed by atoms with Gasteiger partial charge < -0.3 is 10.6 Å². The van der Waals surface area contributed by atoms with Crippen LogP contribution in [0.3, 0.4) is 0 Å². The average Bonchev–Trinajstić information content (AvgIpc) is 2.85. The molecule has 1 amide bonds. The normalized spacial score (nSPS) is 22.8. The molecule has 2 N–H and O–H groups in total. The quantitative estimate of drug-likeness (QED) is 0.894. The van der Waals surface area contributed by atoms with Gasteiger partial charge >= 0.3 is 0 Å². The minimum Gasteiger partial charge on any atom is -0.317 e. The van der Waals surface area contributed by atoms with E-state index in [1.165, 1.54) is 24.1 Å². The minimum absolute atomic E-state index is 0.143. The number of hydrogen-bond acceptors (Lipinski definition) is 4. The molecule has 0 bridgehead atoms. The summed E-state index contributed by atoms with van der Waals surface area (Å²) in [6.45, 7) is 4.22. The first kappa shape index (κ1) is 13.1. The highest BCUT2D eigenvalue weighted by atomic mass is 32.1. The Bertz CT molecular complexity index is 461. The first-order valence-corrected chi connectivity index (χ1v) is 7.97. The van der Waals surface area contributed by atoms with Crippen molar-refractivity contribution in [3.8, 4) is 0 Å². The van der Waals surface area contributed by atoms with Crippen molar-refractivity contribution >= 4 is 22.4 Å². The fraction of sp³-hybridized carbons (Fsp3) is 0.714. The second kappa shape index (κ2) is 5.21. The van der Waals surface area contributed by atoms with Gasteiger partial charge in [0, 0.05) is 16.5 Å². The third-order valence-corrected chi connectivity index (χ3v) is 5.57. The number of piperidine rings is 1. The molecule has 2 heterocycles. The van der Waals surface area contributed by atoms with Gasteiger partial charge in [0.05, 0.1) is 0 Å². The molecule has 0 radical (unpaired) electrons. The standard InChI is InChI=1S/C14H21N3OS/c1-14(5-2-6-14)12(18)17-13-16-9-11(19-13)10-3-7-15-8-4-10/h9-10,15H,2-8H2,1H3,(H,16,17,18). The van der Waals surface area contributed by atoms with E-state index in [0.29, 0.717) is 5.92 Å². The Labute approximate surface area is 118 Å². The Balaban J connectivity index is 1.62. The van der Waals surface area contributed by atoms with Crippen molar-refractivity contribution in [3.63, 3.8) is 0 Å². The summed E-state index contributed by atoms with van der Waals surface area (Å²) in [6.07, 6.45) is 7.47. The number of rotatable bonds is 3. The van der Waals surface area contributed by atoms with Crippen molar-refractivity contribution in [3.05, 3.63) is 11.1 Å². The molecular weight excluding hydrogens is 258 g/mol. The number of carbonyl (C=O) groups is 1. The van der Waals surface area contributed by atoms with Crippen molar-refractivity contribution in [1.29, 1.82) is 0 Å². The fourth-order valence-electron chi connectivity index (χ4n) is 2.82. The lowest BCUT2D eigenvalue weighted by atomic mass is 9.70. The molecule has 3 rings (SSSR count). The highest BCUT2D eigenvalue weighted by Crippen LogP contribution is 2.41. The van der Waals surface area contributed by atoms with Gasteiger partial charge in [-0.15, -0.1) is 11.3 Å². The number of nitrogens with zero attached hydrogens (tertiary/aromatic N) is 1. The van der Waals surface area contributed by atoms with E-state index in [-0.39, 0.29) is 11.3 Å². The predicted molar refractivity (Wildman–Crippen MR) is 77.5 cm³/mol. The molecule has 2 aliphatic rings. The van der Waals surface area contributed by atoms with Gasteiger partial charge in [-0.3, -0.25) is 4.79 Å². The molecule has 0 spiro atoms. The highest BCUT2D eigenvalue weighted by Gasteiger charge is 2.39. The number of amides is 1. The van der Waals surface area contributed by atoms with E-state index in [9.17, 15) is 4.79 Å². The van der Waals surface area contributed by atoms with Crippen molar-refractivity contribution in [2.24, 2.45) is 5.41 Å². The molecule has 104 valence electrons. The molecule has 4 nitrogen and oxygen atoms in total. The topological polar surface area (TPSA) is 54.0 Å². The summed E-state index contributed by atoms with van der Waals surface area (Å²) in [6, 6.07) is 0. The number of aromatic nitrogens is 1. The maximum atomic E-state index is 12.1. The van der Waals surface area contributed by atoms with Gasteiger partial charge in [0.15, 0.2) is 5.13 Å². The fourth-order valence-corrected chi connectivity index (χ4v) is 3.80. The van der Waals surface area contributed by atoms with Gasteiger partial charge in [-0.1, -0.05) is 13.3 Å². The molecule has 5 heteroatoms. The lowest BCUT2D eigenvalue weighted by Gasteiger charge is -2.36. The van der Waals surface area contributed by atoms with Crippen molar-refractivity contribution < 1.29 is 4.79 Å². The molecule has 1 aliphatic carbocycles. The zero-order valence-corrected chi connectivity index (χ0v) is 12.2. The van der Waals surface area contributed by atoms with E-state index < -0.39 is 0 Å². The largest absolute Gasteiger partial charge is 0.317 e. The molecule has 1 aromatic heterocycles. The van der Waals surface area contributed by atoms with Crippen LogP contribution in [-0.2, 0) is 4.79 Å². The van der Waals surface area contributed by atoms with Crippen LogP contribution in [-0.4, -0.2) is 24.0 Å². The van der Waals surface area contributed by atoms with E-state index in [4.69, 9.17) is 0 Å². The summed E-state index contributed by atoms with van der Waals surface area (Å²) >= 11 is 1.65. The molecular formula is C14H21N3OS. The number of nitrogens with one attached hydrogen (secondary N) is 2. The minimum atomic E-state index is -0.152. The van der Waals surface area contributed by atoms with Crippen molar-refractivity contribution in [1.82, 2.24) is 10.3 Å². The zero-order chi connectivity index (χ0) is 13.3. The van der Waals surface area contributed by atoms with E-state index in [2.05, 4.69) is 15.6 Å². The smallest absolute Gasteiger partial charge is 0.232 e.